The van der Waals surface area contributed by atoms with E-state index in [1.807, 2.05) is 0 Å². The summed E-state index contributed by atoms with van der Waals surface area (Å²) in [6.07, 6.45) is 1.36. The Hall–Kier alpha value is -0.150. The molecular formula is C10H18FNO. The number of likely N-dealkylation sites (tertiary alicyclic amines) is 1. The van der Waals surface area contributed by atoms with Crippen LogP contribution < -0.4 is 0 Å². The molecule has 2 aliphatic rings. The maximum absolute atomic E-state index is 13.3. The van der Waals surface area contributed by atoms with E-state index in [-0.39, 0.29) is 0 Å². The number of fused-ring (bicyclic) bond motifs is 1. The number of rotatable bonds is 3. The second-order valence-electron chi connectivity index (χ2n) is 4.27. The first-order valence-corrected chi connectivity index (χ1v) is 5.16. The zero-order chi connectivity index (χ0) is 9.26. The fourth-order valence-corrected chi connectivity index (χ4v) is 2.69. The molecule has 13 heavy (non-hydrogen) atoms. The quantitative estimate of drug-likeness (QED) is 0.660. The second-order valence-corrected chi connectivity index (χ2v) is 4.27. The normalized spacial score (nSPS) is 39.7. The Labute approximate surface area is 79.1 Å². The van der Waals surface area contributed by atoms with Gasteiger partial charge in [0.15, 0.2) is 0 Å². The van der Waals surface area contributed by atoms with Crippen molar-refractivity contribution in [2.24, 2.45) is 11.8 Å². The molecule has 0 radical (unpaired) electrons. The van der Waals surface area contributed by atoms with E-state index in [4.69, 9.17) is 4.74 Å². The number of ether oxygens (including phenoxy) is 1. The molecule has 3 unspecified atom stereocenters. The molecule has 2 nitrogen and oxygen atoms in total. The van der Waals surface area contributed by atoms with Crippen molar-refractivity contribution in [1.82, 2.24) is 4.90 Å². The molecule has 0 N–H and O–H groups in total. The summed E-state index contributed by atoms with van der Waals surface area (Å²) in [5.74, 6) is 0.962. The standard InChI is InChI=1S/C10H18FNO/c1-13-5-4-12-6-8-2-3-10(11)9(8)7-12/h8-10H,2-7H2,1H3. The Balaban J connectivity index is 1.81. The van der Waals surface area contributed by atoms with E-state index < -0.39 is 6.17 Å². The lowest BCUT2D eigenvalue weighted by atomic mass is 10.0. The third-order valence-corrected chi connectivity index (χ3v) is 3.46. The number of nitrogens with zero attached hydrogens (tertiary/aromatic N) is 1. The minimum Gasteiger partial charge on any atom is -0.383 e. The van der Waals surface area contributed by atoms with Crippen LogP contribution in [-0.2, 0) is 4.74 Å². The van der Waals surface area contributed by atoms with Crippen molar-refractivity contribution >= 4 is 0 Å². The highest BCUT2D eigenvalue weighted by Crippen LogP contribution is 2.39. The van der Waals surface area contributed by atoms with Crippen molar-refractivity contribution < 1.29 is 9.13 Å². The summed E-state index contributed by atoms with van der Waals surface area (Å²) in [4.78, 5) is 2.34. The molecule has 1 aliphatic carbocycles. The molecule has 2 fully saturated rings. The van der Waals surface area contributed by atoms with Crippen molar-refractivity contribution in [2.45, 2.75) is 19.0 Å². The molecule has 0 aromatic rings. The summed E-state index contributed by atoms with van der Waals surface area (Å²) in [6.45, 7) is 3.79. The first kappa shape index (κ1) is 9.41. The molecule has 0 aromatic carbocycles. The van der Waals surface area contributed by atoms with Gasteiger partial charge in [-0.15, -0.1) is 0 Å². The third kappa shape index (κ3) is 1.86. The monoisotopic (exact) mass is 187 g/mol. The van der Waals surface area contributed by atoms with Gasteiger partial charge >= 0.3 is 0 Å². The summed E-state index contributed by atoms with van der Waals surface area (Å²) in [5, 5.41) is 0. The highest BCUT2D eigenvalue weighted by Gasteiger charge is 2.42. The van der Waals surface area contributed by atoms with Crippen LogP contribution in [0.4, 0.5) is 4.39 Å². The van der Waals surface area contributed by atoms with Gasteiger partial charge in [0, 0.05) is 32.7 Å². The fourth-order valence-electron chi connectivity index (χ4n) is 2.69. The van der Waals surface area contributed by atoms with Gasteiger partial charge in [-0.2, -0.15) is 0 Å². The third-order valence-electron chi connectivity index (χ3n) is 3.46. The van der Waals surface area contributed by atoms with Gasteiger partial charge in [-0.25, -0.2) is 4.39 Å². The zero-order valence-electron chi connectivity index (χ0n) is 8.21. The SMILES string of the molecule is COCCN1CC2CCC(F)C2C1. The molecule has 0 aromatic heterocycles. The van der Waals surface area contributed by atoms with Crippen LogP contribution in [-0.4, -0.2) is 44.4 Å². The van der Waals surface area contributed by atoms with Crippen LogP contribution in [0.5, 0.6) is 0 Å². The maximum Gasteiger partial charge on any atom is 0.104 e. The number of hydrogen-bond acceptors (Lipinski definition) is 2. The van der Waals surface area contributed by atoms with E-state index in [1.165, 1.54) is 0 Å². The lowest BCUT2D eigenvalue weighted by Crippen LogP contribution is -2.27. The summed E-state index contributed by atoms with van der Waals surface area (Å²) in [5.41, 5.74) is 0. The summed E-state index contributed by atoms with van der Waals surface area (Å²) in [7, 11) is 1.72. The molecule has 76 valence electrons. The van der Waals surface area contributed by atoms with Crippen molar-refractivity contribution in [3.63, 3.8) is 0 Å². The first-order chi connectivity index (χ1) is 6.31. The molecule has 0 amide bonds. The van der Waals surface area contributed by atoms with E-state index >= 15 is 0 Å². The maximum atomic E-state index is 13.3. The molecular weight excluding hydrogens is 169 g/mol. The van der Waals surface area contributed by atoms with Gasteiger partial charge < -0.3 is 9.64 Å². The van der Waals surface area contributed by atoms with Crippen LogP contribution in [0.25, 0.3) is 0 Å². The van der Waals surface area contributed by atoms with Crippen LogP contribution in [0, 0.1) is 11.8 Å². The molecule has 1 aliphatic heterocycles. The Morgan fingerprint density at radius 3 is 2.92 bits per heavy atom. The Kier molecular flexibility index (Phi) is 2.84. The zero-order valence-corrected chi connectivity index (χ0v) is 8.21. The van der Waals surface area contributed by atoms with Crippen molar-refractivity contribution in [2.75, 3.05) is 33.4 Å². The predicted octanol–water partition coefficient (Wildman–Crippen LogP) is 1.31. The summed E-state index contributed by atoms with van der Waals surface area (Å²) >= 11 is 0. The van der Waals surface area contributed by atoms with Crippen LogP contribution in [0.3, 0.4) is 0 Å². The van der Waals surface area contributed by atoms with Crippen LogP contribution >= 0.6 is 0 Å². The van der Waals surface area contributed by atoms with Gasteiger partial charge in [-0.05, 0) is 18.8 Å². The smallest absolute Gasteiger partial charge is 0.104 e. The van der Waals surface area contributed by atoms with Gasteiger partial charge in [-0.3, -0.25) is 0 Å². The van der Waals surface area contributed by atoms with Gasteiger partial charge in [0.1, 0.15) is 6.17 Å². The fraction of sp³-hybridized carbons (Fsp3) is 1.00. The van der Waals surface area contributed by atoms with Crippen molar-refractivity contribution in [3.8, 4) is 0 Å². The summed E-state index contributed by atoms with van der Waals surface area (Å²) < 4.78 is 18.3. The Bertz CT molecular complexity index is 176. The molecule has 0 bridgehead atoms. The van der Waals surface area contributed by atoms with Gasteiger partial charge in [-0.1, -0.05) is 0 Å². The average Bonchev–Trinajstić information content (AvgIpc) is 2.65. The number of alkyl halides is 1. The van der Waals surface area contributed by atoms with Crippen LogP contribution in [0.1, 0.15) is 12.8 Å². The average molecular weight is 187 g/mol. The predicted molar refractivity (Wildman–Crippen MR) is 49.4 cm³/mol. The van der Waals surface area contributed by atoms with Gasteiger partial charge in [0.25, 0.3) is 0 Å². The molecule has 3 heteroatoms. The Morgan fingerprint density at radius 2 is 2.23 bits per heavy atom. The lowest BCUT2D eigenvalue weighted by molar-refractivity contribution is 0.151. The van der Waals surface area contributed by atoms with Crippen molar-refractivity contribution in [3.05, 3.63) is 0 Å². The van der Waals surface area contributed by atoms with Gasteiger partial charge in [0.2, 0.25) is 0 Å². The second kappa shape index (κ2) is 3.93. The van der Waals surface area contributed by atoms with Crippen LogP contribution in [0.2, 0.25) is 0 Å². The van der Waals surface area contributed by atoms with E-state index in [0.717, 1.165) is 39.1 Å². The topological polar surface area (TPSA) is 12.5 Å². The minimum absolute atomic E-state index is 0.330. The molecule has 1 saturated heterocycles. The molecule has 0 spiro atoms. The van der Waals surface area contributed by atoms with E-state index in [2.05, 4.69) is 4.90 Å². The lowest BCUT2D eigenvalue weighted by Gasteiger charge is -2.16. The Morgan fingerprint density at radius 1 is 1.38 bits per heavy atom. The van der Waals surface area contributed by atoms with E-state index in [0.29, 0.717) is 11.8 Å². The number of halogens is 1. The van der Waals surface area contributed by atoms with E-state index in [9.17, 15) is 4.39 Å². The highest BCUT2D eigenvalue weighted by atomic mass is 19.1. The summed E-state index contributed by atoms with van der Waals surface area (Å²) in [6, 6.07) is 0. The van der Waals surface area contributed by atoms with Crippen molar-refractivity contribution in [1.29, 1.82) is 0 Å². The highest BCUT2D eigenvalue weighted by molar-refractivity contribution is 4.93. The first-order valence-electron chi connectivity index (χ1n) is 5.16. The van der Waals surface area contributed by atoms with Crippen LogP contribution in [0.15, 0.2) is 0 Å². The van der Waals surface area contributed by atoms with Gasteiger partial charge in [0.05, 0.1) is 6.61 Å². The molecule has 1 heterocycles. The largest absolute Gasteiger partial charge is 0.383 e. The van der Waals surface area contributed by atoms with E-state index in [1.54, 1.807) is 7.11 Å². The molecule has 1 saturated carbocycles. The molecule has 3 atom stereocenters. The molecule has 2 rings (SSSR count). The number of methoxy groups -OCH3 is 1. The minimum atomic E-state index is -0.530. The number of hydrogen-bond donors (Lipinski definition) is 0.